The van der Waals surface area contributed by atoms with Gasteiger partial charge in [0.15, 0.2) is 0 Å². The minimum atomic E-state index is 0.626. The minimum absolute atomic E-state index is 0.626. The third-order valence-electron chi connectivity index (χ3n) is 2.92. The van der Waals surface area contributed by atoms with Crippen LogP contribution in [0, 0.1) is 0 Å². The van der Waals surface area contributed by atoms with Crippen LogP contribution in [-0.4, -0.2) is 9.78 Å². The molecule has 0 saturated heterocycles. The van der Waals surface area contributed by atoms with Crippen molar-refractivity contribution in [1.82, 2.24) is 9.78 Å². The van der Waals surface area contributed by atoms with Crippen LogP contribution in [0.4, 0.5) is 5.82 Å². The van der Waals surface area contributed by atoms with E-state index in [1.54, 1.807) is 0 Å². The summed E-state index contributed by atoms with van der Waals surface area (Å²) in [5, 5.41) is 4.31. The number of aromatic nitrogens is 2. The molecule has 0 unspecified atom stereocenters. The fourth-order valence-corrected chi connectivity index (χ4v) is 2.03. The molecule has 0 fully saturated rings. The van der Waals surface area contributed by atoms with Crippen LogP contribution in [0.25, 0.3) is 0 Å². The Labute approximate surface area is 102 Å². The Morgan fingerprint density at radius 2 is 2.00 bits per heavy atom. The van der Waals surface area contributed by atoms with Gasteiger partial charge < -0.3 is 5.73 Å². The van der Waals surface area contributed by atoms with Crippen molar-refractivity contribution in [2.45, 2.75) is 32.7 Å². The predicted octanol–water partition coefficient (Wildman–Crippen LogP) is 2.66. The summed E-state index contributed by atoms with van der Waals surface area (Å²) in [6.45, 7) is 3.07. The Morgan fingerprint density at radius 3 is 2.71 bits per heavy atom. The SMILES string of the molecule is CCc1cc(N)nn1CCCc1ccccc1. The second-order valence-corrected chi connectivity index (χ2v) is 4.23. The molecular formula is C14H19N3. The van der Waals surface area contributed by atoms with Gasteiger partial charge in [0.1, 0.15) is 5.82 Å². The molecule has 2 rings (SSSR count). The first-order valence-electron chi connectivity index (χ1n) is 6.15. The van der Waals surface area contributed by atoms with Gasteiger partial charge in [-0.2, -0.15) is 5.10 Å². The Hall–Kier alpha value is -1.77. The maximum atomic E-state index is 5.71. The van der Waals surface area contributed by atoms with Crippen LogP contribution in [-0.2, 0) is 19.4 Å². The monoisotopic (exact) mass is 229 g/mol. The summed E-state index contributed by atoms with van der Waals surface area (Å²) in [5.74, 6) is 0.626. The summed E-state index contributed by atoms with van der Waals surface area (Å²) in [6.07, 6.45) is 3.16. The van der Waals surface area contributed by atoms with E-state index in [-0.39, 0.29) is 0 Å². The number of nitrogens with zero attached hydrogens (tertiary/aromatic N) is 2. The summed E-state index contributed by atoms with van der Waals surface area (Å²) in [5.41, 5.74) is 8.30. The van der Waals surface area contributed by atoms with Crippen LogP contribution in [0.1, 0.15) is 24.6 Å². The zero-order valence-electron chi connectivity index (χ0n) is 10.3. The lowest BCUT2D eigenvalue weighted by molar-refractivity contribution is 0.559. The van der Waals surface area contributed by atoms with Crippen LogP contribution in [0.5, 0.6) is 0 Å². The van der Waals surface area contributed by atoms with Gasteiger partial charge in [0, 0.05) is 18.3 Å². The number of aryl methyl sites for hydroxylation is 3. The Morgan fingerprint density at radius 1 is 1.24 bits per heavy atom. The number of hydrogen-bond acceptors (Lipinski definition) is 2. The van der Waals surface area contributed by atoms with E-state index in [1.807, 2.05) is 16.8 Å². The zero-order valence-corrected chi connectivity index (χ0v) is 10.3. The molecule has 0 atom stereocenters. The summed E-state index contributed by atoms with van der Waals surface area (Å²) < 4.78 is 2.03. The molecule has 0 saturated carbocycles. The topological polar surface area (TPSA) is 43.8 Å². The maximum Gasteiger partial charge on any atom is 0.145 e. The Bertz CT molecular complexity index is 460. The minimum Gasteiger partial charge on any atom is -0.382 e. The number of hydrogen-bond donors (Lipinski definition) is 1. The molecule has 1 aromatic heterocycles. The first-order chi connectivity index (χ1) is 8.29. The van der Waals surface area contributed by atoms with E-state index in [0.29, 0.717) is 5.82 Å². The fraction of sp³-hybridized carbons (Fsp3) is 0.357. The molecule has 0 aliphatic heterocycles. The van der Waals surface area contributed by atoms with Crippen molar-refractivity contribution < 1.29 is 0 Å². The molecule has 17 heavy (non-hydrogen) atoms. The highest BCUT2D eigenvalue weighted by atomic mass is 15.3. The van der Waals surface area contributed by atoms with Crippen molar-refractivity contribution in [3.63, 3.8) is 0 Å². The number of benzene rings is 1. The van der Waals surface area contributed by atoms with Crippen molar-refractivity contribution >= 4 is 5.82 Å². The number of anilines is 1. The van der Waals surface area contributed by atoms with Crippen molar-refractivity contribution in [1.29, 1.82) is 0 Å². The standard InChI is InChI=1S/C14H19N3/c1-2-13-11-14(15)16-17(13)10-6-9-12-7-4-3-5-8-12/h3-5,7-8,11H,2,6,9-10H2,1H3,(H2,15,16). The fourth-order valence-electron chi connectivity index (χ4n) is 2.03. The van der Waals surface area contributed by atoms with Crippen molar-refractivity contribution in [2.24, 2.45) is 0 Å². The van der Waals surface area contributed by atoms with E-state index in [2.05, 4.69) is 36.3 Å². The second-order valence-electron chi connectivity index (χ2n) is 4.23. The highest BCUT2D eigenvalue weighted by molar-refractivity contribution is 5.29. The van der Waals surface area contributed by atoms with Gasteiger partial charge in [0.05, 0.1) is 0 Å². The predicted molar refractivity (Wildman–Crippen MR) is 70.8 cm³/mol. The molecular weight excluding hydrogens is 210 g/mol. The van der Waals surface area contributed by atoms with Crippen LogP contribution in [0.2, 0.25) is 0 Å². The molecule has 0 bridgehead atoms. The Kier molecular flexibility index (Phi) is 3.81. The first kappa shape index (κ1) is 11.7. The molecule has 0 aliphatic rings. The number of nitrogen functional groups attached to an aromatic ring is 1. The van der Waals surface area contributed by atoms with Gasteiger partial charge in [-0.25, -0.2) is 0 Å². The van der Waals surface area contributed by atoms with E-state index in [9.17, 15) is 0 Å². The van der Waals surface area contributed by atoms with Gasteiger partial charge in [-0.05, 0) is 24.8 Å². The summed E-state index contributed by atoms with van der Waals surface area (Å²) in [4.78, 5) is 0. The van der Waals surface area contributed by atoms with Crippen LogP contribution < -0.4 is 5.73 Å². The number of rotatable bonds is 5. The maximum absolute atomic E-state index is 5.71. The molecule has 0 amide bonds. The zero-order chi connectivity index (χ0) is 12.1. The van der Waals surface area contributed by atoms with Crippen LogP contribution in [0.3, 0.4) is 0 Å². The molecule has 1 heterocycles. The van der Waals surface area contributed by atoms with Crippen molar-refractivity contribution in [3.05, 3.63) is 47.7 Å². The molecule has 2 N–H and O–H groups in total. The average molecular weight is 229 g/mol. The van der Waals surface area contributed by atoms with Crippen molar-refractivity contribution in [2.75, 3.05) is 5.73 Å². The van der Waals surface area contributed by atoms with E-state index < -0.39 is 0 Å². The van der Waals surface area contributed by atoms with Gasteiger partial charge in [-0.15, -0.1) is 0 Å². The Balaban J connectivity index is 1.90. The molecule has 90 valence electrons. The molecule has 3 heteroatoms. The third kappa shape index (κ3) is 3.09. The molecule has 2 aromatic rings. The van der Waals surface area contributed by atoms with Gasteiger partial charge >= 0.3 is 0 Å². The molecule has 0 aliphatic carbocycles. The summed E-state index contributed by atoms with van der Waals surface area (Å²) in [6, 6.07) is 12.5. The van der Waals surface area contributed by atoms with E-state index in [4.69, 9.17) is 5.73 Å². The average Bonchev–Trinajstić information content (AvgIpc) is 2.71. The normalized spacial score (nSPS) is 10.6. The molecule has 1 aromatic carbocycles. The summed E-state index contributed by atoms with van der Waals surface area (Å²) in [7, 11) is 0. The van der Waals surface area contributed by atoms with Gasteiger partial charge in [0.2, 0.25) is 0 Å². The lowest BCUT2D eigenvalue weighted by Crippen LogP contribution is -2.05. The van der Waals surface area contributed by atoms with E-state index >= 15 is 0 Å². The van der Waals surface area contributed by atoms with E-state index in [0.717, 1.165) is 25.8 Å². The van der Waals surface area contributed by atoms with Gasteiger partial charge in [-0.1, -0.05) is 37.3 Å². The lowest BCUT2D eigenvalue weighted by Gasteiger charge is -2.05. The van der Waals surface area contributed by atoms with Crippen molar-refractivity contribution in [3.8, 4) is 0 Å². The highest BCUT2D eigenvalue weighted by Crippen LogP contribution is 2.09. The van der Waals surface area contributed by atoms with Gasteiger partial charge in [0.25, 0.3) is 0 Å². The summed E-state index contributed by atoms with van der Waals surface area (Å²) >= 11 is 0. The van der Waals surface area contributed by atoms with E-state index in [1.165, 1.54) is 11.3 Å². The molecule has 3 nitrogen and oxygen atoms in total. The highest BCUT2D eigenvalue weighted by Gasteiger charge is 2.03. The second kappa shape index (κ2) is 5.53. The first-order valence-corrected chi connectivity index (χ1v) is 6.15. The third-order valence-corrected chi connectivity index (χ3v) is 2.92. The lowest BCUT2D eigenvalue weighted by atomic mass is 10.1. The molecule has 0 radical (unpaired) electrons. The number of nitrogens with two attached hydrogens (primary N) is 1. The smallest absolute Gasteiger partial charge is 0.145 e. The van der Waals surface area contributed by atoms with Crippen LogP contribution >= 0.6 is 0 Å². The van der Waals surface area contributed by atoms with Gasteiger partial charge in [-0.3, -0.25) is 4.68 Å². The molecule has 0 spiro atoms. The quantitative estimate of drug-likeness (QED) is 0.856. The largest absolute Gasteiger partial charge is 0.382 e. The van der Waals surface area contributed by atoms with Crippen LogP contribution in [0.15, 0.2) is 36.4 Å².